The Balaban J connectivity index is 2.03. The quantitative estimate of drug-likeness (QED) is 0.633. The van der Waals surface area contributed by atoms with Crippen LogP contribution in [0.15, 0.2) is 60.3 Å². The highest BCUT2D eigenvalue weighted by Crippen LogP contribution is 2.23. The smallest absolute Gasteiger partial charge is 0.267 e. The third-order valence-electron chi connectivity index (χ3n) is 3.52. The zero-order valence-electron chi connectivity index (χ0n) is 13.7. The summed E-state index contributed by atoms with van der Waals surface area (Å²) in [7, 11) is 1.52. The molecule has 0 aliphatic rings. The molecule has 5 heteroatoms. The van der Waals surface area contributed by atoms with Gasteiger partial charge in [0.2, 0.25) is 0 Å². The van der Waals surface area contributed by atoms with Gasteiger partial charge in [-0.2, -0.15) is 5.26 Å². The Morgan fingerprint density at radius 3 is 2.62 bits per heavy atom. The van der Waals surface area contributed by atoms with Crippen LogP contribution in [0.2, 0.25) is 0 Å². The molecule has 0 bridgehead atoms. The van der Waals surface area contributed by atoms with Gasteiger partial charge >= 0.3 is 0 Å². The number of hydrogen-bond acceptors (Lipinski definition) is 4. The van der Waals surface area contributed by atoms with Crippen LogP contribution in [0.25, 0.3) is 0 Å². The van der Waals surface area contributed by atoms with E-state index < -0.39 is 5.91 Å². The fraction of sp³-hybridized carbons (Fsp3) is 0.158. The molecule has 0 aliphatic heterocycles. The molecule has 0 heterocycles. The average molecular weight is 321 g/mol. The number of nitrogens with zero attached hydrogens (tertiary/aromatic N) is 1. The fourth-order valence-corrected chi connectivity index (χ4v) is 2.16. The van der Waals surface area contributed by atoms with E-state index in [0.717, 1.165) is 11.1 Å². The predicted molar refractivity (Wildman–Crippen MR) is 93.3 cm³/mol. The number of nitriles is 1. The van der Waals surface area contributed by atoms with Crippen LogP contribution in [-0.2, 0) is 11.3 Å². The van der Waals surface area contributed by atoms with Crippen molar-refractivity contribution in [2.45, 2.75) is 13.5 Å². The van der Waals surface area contributed by atoms with E-state index in [0.29, 0.717) is 18.0 Å². The molecular formula is C19H19N3O2. The molecule has 0 unspecified atom stereocenters. The number of methoxy groups -OCH3 is 1. The largest absolute Gasteiger partial charge is 0.495 e. The first-order valence-corrected chi connectivity index (χ1v) is 7.48. The van der Waals surface area contributed by atoms with Crippen molar-refractivity contribution >= 4 is 11.6 Å². The van der Waals surface area contributed by atoms with Crippen molar-refractivity contribution in [1.82, 2.24) is 5.32 Å². The summed E-state index contributed by atoms with van der Waals surface area (Å²) >= 11 is 0. The molecule has 0 fully saturated rings. The summed E-state index contributed by atoms with van der Waals surface area (Å²) < 4.78 is 5.18. The molecule has 0 spiro atoms. The van der Waals surface area contributed by atoms with Gasteiger partial charge in [0, 0.05) is 12.7 Å². The number of rotatable bonds is 6. The molecule has 0 saturated carbocycles. The Morgan fingerprint density at radius 1 is 1.21 bits per heavy atom. The lowest BCUT2D eigenvalue weighted by Crippen LogP contribution is -2.17. The third-order valence-corrected chi connectivity index (χ3v) is 3.52. The lowest BCUT2D eigenvalue weighted by molar-refractivity contribution is -0.112. The van der Waals surface area contributed by atoms with E-state index in [9.17, 15) is 10.1 Å². The van der Waals surface area contributed by atoms with Gasteiger partial charge in [-0.3, -0.25) is 4.79 Å². The molecule has 2 rings (SSSR count). The van der Waals surface area contributed by atoms with E-state index in [-0.39, 0.29) is 5.57 Å². The molecule has 1 amide bonds. The van der Waals surface area contributed by atoms with E-state index in [2.05, 4.69) is 10.6 Å². The zero-order valence-corrected chi connectivity index (χ0v) is 13.7. The van der Waals surface area contributed by atoms with Crippen LogP contribution < -0.4 is 15.4 Å². The number of aryl methyl sites for hydroxylation is 1. The maximum absolute atomic E-state index is 12.2. The van der Waals surface area contributed by atoms with Crippen molar-refractivity contribution < 1.29 is 9.53 Å². The molecule has 0 saturated heterocycles. The summed E-state index contributed by atoms with van der Waals surface area (Å²) in [5.74, 6) is 0.0512. The number of carbonyl (C=O) groups excluding carboxylic acids is 1. The second kappa shape index (κ2) is 8.39. The number of hydrogen-bond donors (Lipinski definition) is 2. The normalized spacial score (nSPS) is 10.6. The average Bonchev–Trinajstić information content (AvgIpc) is 2.60. The maximum atomic E-state index is 12.2. The number of anilines is 1. The third kappa shape index (κ3) is 4.37. The summed E-state index contributed by atoms with van der Waals surface area (Å²) in [6.07, 6.45) is 1.43. The first-order chi connectivity index (χ1) is 11.7. The highest BCUT2D eigenvalue weighted by Gasteiger charge is 2.11. The highest BCUT2D eigenvalue weighted by molar-refractivity contribution is 6.07. The summed E-state index contributed by atoms with van der Waals surface area (Å²) in [6.45, 7) is 2.56. The van der Waals surface area contributed by atoms with Gasteiger partial charge in [0.1, 0.15) is 17.4 Å². The minimum absolute atomic E-state index is 0.00510. The number of benzene rings is 2. The van der Waals surface area contributed by atoms with Crippen molar-refractivity contribution in [3.8, 4) is 11.8 Å². The monoisotopic (exact) mass is 321 g/mol. The van der Waals surface area contributed by atoms with Gasteiger partial charge in [0.15, 0.2) is 0 Å². The second-order valence-electron chi connectivity index (χ2n) is 5.13. The lowest BCUT2D eigenvalue weighted by Gasteiger charge is -2.09. The van der Waals surface area contributed by atoms with Gasteiger partial charge in [0.05, 0.1) is 12.8 Å². The standard InChI is InChI=1S/C19H19N3O2/c1-14-7-3-4-8-15(14)12-21-13-16(11-20)19(23)22-17-9-5-6-10-18(17)24-2/h3-10,13,21H,12H2,1-2H3,(H,22,23)/b16-13-. The van der Waals surface area contributed by atoms with Gasteiger partial charge in [-0.1, -0.05) is 36.4 Å². The van der Waals surface area contributed by atoms with Gasteiger partial charge in [-0.05, 0) is 30.2 Å². The number of nitrogens with one attached hydrogen (secondary N) is 2. The number of amides is 1. The van der Waals surface area contributed by atoms with E-state index >= 15 is 0 Å². The van der Waals surface area contributed by atoms with Crippen LogP contribution in [0.3, 0.4) is 0 Å². The number of carbonyl (C=O) groups is 1. The van der Waals surface area contributed by atoms with Gasteiger partial charge in [-0.15, -0.1) is 0 Å². The molecule has 0 aromatic heterocycles. The Labute approximate surface area is 141 Å². The van der Waals surface area contributed by atoms with Crippen molar-refractivity contribution in [2.24, 2.45) is 0 Å². The van der Waals surface area contributed by atoms with Crippen LogP contribution in [-0.4, -0.2) is 13.0 Å². The molecule has 0 radical (unpaired) electrons. The Kier molecular flexibility index (Phi) is 5.98. The molecule has 0 atom stereocenters. The van der Waals surface area contributed by atoms with Crippen LogP contribution in [0.4, 0.5) is 5.69 Å². The van der Waals surface area contributed by atoms with Gasteiger partial charge < -0.3 is 15.4 Å². The first kappa shape index (κ1) is 17.1. The van der Waals surface area contributed by atoms with Gasteiger partial charge in [-0.25, -0.2) is 0 Å². The number of ether oxygens (including phenoxy) is 1. The van der Waals surface area contributed by atoms with Crippen LogP contribution >= 0.6 is 0 Å². The van der Waals surface area contributed by atoms with E-state index in [1.54, 1.807) is 24.3 Å². The lowest BCUT2D eigenvalue weighted by atomic mass is 10.1. The minimum Gasteiger partial charge on any atom is -0.495 e. The fourth-order valence-electron chi connectivity index (χ4n) is 2.16. The van der Waals surface area contributed by atoms with E-state index in [4.69, 9.17) is 4.74 Å². The van der Waals surface area contributed by atoms with Crippen molar-refractivity contribution in [2.75, 3.05) is 12.4 Å². The molecular weight excluding hydrogens is 302 g/mol. The first-order valence-electron chi connectivity index (χ1n) is 7.48. The summed E-state index contributed by atoms with van der Waals surface area (Å²) in [4.78, 5) is 12.2. The van der Waals surface area contributed by atoms with Crippen molar-refractivity contribution in [3.05, 3.63) is 71.4 Å². The summed E-state index contributed by atoms with van der Waals surface area (Å²) in [5.41, 5.74) is 2.77. The van der Waals surface area contributed by atoms with E-state index in [1.165, 1.54) is 13.3 Å². The molecule has 5 nitrogen and oxygen atoms in total. The zero-order chi connectivity index (χ0) is 17.4. The molecule has 0 aliphatic carbocycles. The molecule has 24 heavy (non-hydrogen) atoms. The maximum Gasteiger partial charge on any atom is 0.267 e. The SMILES string of the molecule is COc1ccccc1NC(=O)/C(C#N)=C\NCc1ccccc1C. The molecule has 2 aromatic carbocycles. The summed E-state index contributed by atoms with van der Waals surface area (Å²) in [6, 6.07) is 16.9. The molecule has 2 aromatic rings. The molecule has 122 valence electrons. The van der Waals surface area contributed by atoms with Gasteiger partial charge in [0.25, 0.3) is 5.91 Å². The van der Waals surface area contributed by atoms with Crippen LogP contribution in [0.5, 0.6) is 5.75 Å². The van der Waals surface area contributed by atoms with Crippen molar-refractivity contribution in [1.29, 1.82) is 5.26 Å². The highest BCUT2D eigenvalue weighted by atomic mass is 16.5. The Bertz CT molecular complexity index is 791. The Morgan fingerprint density at radius 2 is 1.92 bits per heavy atom. The predicted octanol–water partition coefficient (Wildman–Crippen LogP) is 3.14. The van der Waals surface area contributed by atoms with Crippen LogP contribution in [0, 0.1) is 18.3 Å². The summed E-state index contributed by atoms with van der Waals surface area (Å²) in [5, 5.41) is 14.9. The molecule has 2 N–H and O–H groups in total. The number of para-hydroxylation sites is 2. The Hall–Kier alpha value is -3.26. The minimum atomic E-state index is -0.487. The topological polar surface area (TPSA) is 74.1 Å². The van der Waals surface area contributed by atoms with Crippen molar-refractivity contribution in [3.63, 3.8) is 0 Å². The van der Waals surface area contributed by atoms with E-state index in [1.807, 2.05) is 37.3 Å². The van der Waals surface area contributed by atoms with Crippen LogP contribution in [0.1, 0.15) is 11.1 Å². The second-order valence-corrected chi connectivity index (χ2v) is 5.13.